The lowest BCUT2D eigenvalue weighted by Crippen LogP contribution is -2.46. The summed E-state index contributed by atoms with van der Waals surface area (Å²) in [4.78, 5) is 16.7. The number of carbonyl (C=O) groups is 1. The van der Waals surface area contributed by atoms with E-state index in [9.17, 15) is 9.90 Å². The summed E-state index contributed by atoms with van der Waals surface area (Å²) in [5.41, 5.74) is -0.508. The first-order valence-corrected chi connectivity index (χ1v) is 9.96. The Hall–Kier alpha value is -1.50. The highest BCUT2D eigenvalue weighted by Crippen LogP contribution is 2.18. The predicted octanol–water partition coefficient (Wildman–Crippen LogP) is 2.54. The third-order valence-corrected chi connectivity index (χ3v) is 4.21. The van der Waals surface area contributed by atoms with E-state index in [1.54, 1.807) is 0 Å². The fourth-order valence-corrected chi connectivity index (χ4v) is 2.97. The first-order valence-electron chi connectivity index (χ1n) is 9.96. The molecular weight excluding hydrogens is 332 g/mol. The number of guanidine groups is 1. The van der Waals surface area contributed by atoms with Gasteiger partial charge >= 0.3 is 6.09 Å². The van der Waals surface area contributed by atoms with Crippen LogP contribution in [0.15, 0.2) is 4.99 Å². The van der Waals surface area contributed by atoms with Gasteiger partial charge in [0, 0.05) is 12.6 Å². The lowest BCUT2D eigenvalue weighted by Gasteiger charge is -2.28. The molecule has 0 aliphatic heterocycles. The van der Waals surface area contributed by atoms with Crippen LogP contribution in [0.1, 0.15) is 73.1 Å². The zero-order valence-electron chi connectivity index (χ0n) is 17.1. The van der Waals surface area contributed by atoms with Crippen molar-refractivity contribution in [2.24, 2.45) is 4.99 Å². The van der Waals surface area contributed by atoms with Crippen LogP contribution in [-0.4, -0.2) is 54.0 Å². The van der Waals surface area contributed by atoms with Gasteiger partial charge in [0.25, 0.3) is 0 Å². The van der Waals surface area contributed by atoms with Crippen LogP contribution in [-0.2, 0) is 4.74 Å². The average molecular weight is 371 g/mol. The molecule has 0 saturated heterocycles. The van der Waals surface area contributed by atoms with Gasteiger partial charge in [0.15, 0.2) is 5.96 Å². The Morgan fingerprint density at radius 1 is 1.23 bits per heavy atom. The standard InChI is InChI=1S/C19H38N4O3/c1-6-8-15(23-18(25)26-19(3,4)5)13-21-17(20-7-2)22-14-9-11-16(24)12-10-14/h14-16,24H,6-13H2,1-5H3,(H,23,25)(H2,20,21,22). The molecule has 0 aromatic heterocycles. The fourth-order valence-electron chi connectivity index (χ4n) is 2.97. The molecule has 7 nitrogen and oxygen atoms in total. The molecule has 0 radical (unpaired) electrons. The predicted molar refractivity (Wildman–Crippen MR) is 105 cm³/mol. The van der Waals surface area contributed by atoms with E-state index in [2.05, 4.69) is 27.9 Å². The number of alkyl carbamates (subject to hydrolysis) is 1. The van der Waals surface area contributed by atoms with Crippen molar-refractivity contribution in [1.82, 2.24) is 16.0 Å². The number of amides is 1. The molecule has 1 amide bonds. The first-order chi connectivity index (χ1) is 12.2. The molecule has 1 aliphatic rings. The van der Waals surface area contributed by atoms with E-state index in [4.69, 9.17) is 4.74 Å². The Balaban J connectivity index is 2.59. The molecule has 1 fully saturated rings. The van der Waals surface area contributed by atoms with Crippen molar-refractivity contribution in [2.75, 3.05) is 13.1 Å². The lowest BCUT2D eigenvalue weighted by molar-refractivity contribution is 0.0503. The summed E-state index contributed by atoms with van der Waals surface area (Å²) < 4.78 is 5.35. The molecule has 152 valence electrons. The number of aliphatic hydroxyl groups excluding tert-OH is 1. The van der Waals surface area contributed by atoms with Gasteiger partial charge in [-0.2, -0.15) is 0 Å². The summed E-state index contributed by atoms with van der Waals surface area (Å²) in [6.07, 6.45) is 4.79. The summed E-state index contributed by atoms with van der Waals surface area (Å²) in [6, 6.07) is 0.276. The second-order valence-corrected chi connectivity index (χ2v) is 8.00. The van der Waals surface area contributed by atoms with Crippen LogP contribution in [0.25, 0.3) is 0 Å². The van der Waals surface area contributed by atoms with Crippen LogP contribution in [0.4, 0.5) is 4.79 Å². The summed E-state index contributed by atoms with van der Waals surface area (Å²) in [5, 5.41) is 19.3. The highest BCUT2D eigenvalue weighted by molar-refractivity contribution is 5.80. The molecule has 1 rings (SSSR count). The van der Waals surface area contributed by atoms with Crippen LogP contribution in [0.2, 0.25) is 0 Å². The van der Waals surface area contributed by atoms with Crippen molar-refractivity contribution in [2.45, 2.75) is 96.9 Å². The monoisotopic (exact) mass is 370 g/mol. The zero-order valence-corrected chi connectivity index (χ0v) is 17.1. The van der Waals surface area contributed by atoms with Gasteiger partial charge in [0.1, 0.15) is 5.60 Å². The molecular formula is C19H38N4O3. The Labute approximate surface area is 158 Å². The van der Waals surface area contributed by atoms with Gasteiger partial charge in [-0.3, -0.25) is 4.99 Å². The number of rotatable bonds is 7. The molecule has 0 aromatic carbocycles. The van der Waals surface area contributed by atoms with E-state index in [1.165, 1.54) is 0 Å². The van der Waals surface area contributed by atoms with Gasteiger partial charge in [-0.15, -0.1) is 0 Å². The Bertz CT molecular complexity index is 441. The lowest BCUT2D eigenvalue weighted by atomic mass is 9.93. The van der Waals surface area contributed by atoms with E-state index in [0.29, 0.717) is 12.6 Å². The van der Waals surface area contributed by atoms with Gasteiger partial charge in [-0.05, 0) is 59.8 Å². The average Bonchev–Trinajstić information content (AvgIpc) is 2.53. The van der Waals surface area contributed by atoms with E-state index >= 15 is 0 Å². The molecule has 4 N–H and O–H groups in total. The van der Waals surface area contributed by atoms with Gasteiger partial charge in [-0.25, -0.2) is 4.79 Å². The number of hydrogen-bond acceptors (Lipinski definition) is 4. The number of carbonyl (C=O) groups excluding carboxylic acids is 1. The summed E-state index contributed by atoms with van der Waals surface area (Å²) in [5.74, 6) is 0.765. The molecule has 0 aromatic rings. The number of ether oxygens (including phenoxy) is 1. The molecule has 1 atom stereocenters. The van der Waals surface area contributed by atoms with Crippen molar-refractivity contribution in [3.63, 3.8) is 0 Å². The van der Waals surface area contributed by atoms with Gasteiger partial charge in [0.2, 0.25) is 0 Å². The Morgan fingerprint density at radius 2 is 1.88 bits per heavy atom. The van der Waals surface area contributed by atoms with Crippen LogP contribution in [0.3, 0.4) is 0 Å². The normalized spacial score (nSPS) is 22.5. The van der Waals surface area contributed by atoms with Crippen LogP contribution in [0, 0.1) is 0 Å². The highest BCUT2D eigenvalue weighted by atomic mass is 16.6. The summed E-state index contributed by atoms with van der Waals surface area (Å²) in [7, 11) is 0. The first kappa shape index (κ1) is 22.5. The van der Waals surface area contributed by atoms with Crippen molar-refractivity contribution in [3.05, 3.63) is 0 Å². The SMILES string of the molecule is CCCC(CN=C(NCC)NC1CCC(O)CC1)NC(=O)OC(C)(C)C. The van der Waals surface area contributed by atoms with Crippen LogP contribution >= 0.6 is 0 Å². The van der Waals surface area contributed by atoms with Crippen molar-refractivity contribution < 1.29 is 14.6 Å². The second kappa shape index (κ2) is 11.3. The highest BCUT2D eigenvalue weighted by Gasteiger charge is 2.21. The number of nitrogens with one attached hydrogen (secondary N) is 3. The Morgan fingerprint density at radius 3 is 2.42 bits per heavy atom. The summed E-state index contributed by atoms with van der Waals surface area (Å²) >= 11 is 0. The maximum absolute atomic E-state index is 12.0. The zero-order chi connectivity index (χ0) is 19.6. The van der Waals surface area contributed by atoms with Crippen LogP contribution in [0.5, 0.6) is 0 Å². The number of aliphatic hydroxyl groups is 1. The largest absolute Gasteiger partial charge is 0.444 e. The topological polar surface area (TPSA) is 95.0 Å². The maximum Gasteiger partial charge on any atom is 0.407 e. The number of nitrogens with zero attached hydrogens (tertiary/aromatic N) is 1. The minimum atomic E-state index is -0.508. The third kappa shape index (κ3) is 9.85. The smallest absolute Gasteiger partial charge is 0.407 e. The molecule has 0 bridgehead atoms. The second-order valence-electron chi connectivity index (χ2n) is 8.00. The fraction of sp³-hybridized carbons (Fsp3) is 0.895. The molecule has 7 heteroatoms. The van der Waals surface area contributed by atoms with E-state index in [0.717, 1.165) is 51.0 Å². The molecule has 26 heavy (non-hydrogen) atoms. The van der Waals surface area contributed by atoms with Gasteiger partial charge < -0.3 is 25.8 Å². The summed E-state index contributed by atoms with van der Waals surface area (Å²) in [6.45, 7) is 11.0. The van der Waals surface area contributed by atoms with Gasteiger partial charge in [-0.1, -0.05) is 13.3 Å². The van der Waals surface area contributed by atoms with Crippen molar-refractivity contribution >= 4 is 12.1 Å². The number of hydrogen-bond donors (Lipinski definition) is 4. The molecule has 0 spiro atoms. The van der Waals surface area contributed by atoms with Crippen LogP contribution < -0.4 is 16.0 Å². The number of aliphatic imine (C=N–C) groups is 1. The third-order valence-electron chi connectivity index (χ3n) is 4.21. The maximum atomic E-state index is 12.0. The van der Waals surface area contributed by atoms with E-state index < -0.39 is 11.7 Å². The Kier molecular flexibility index (Phi) is 9.76. The minimum Gasteiger partial charge on any atom is -0.444 e. The van der Waals surface area contributed by atoms with E-state index in [1.807, 2.05) is 27.7 Å². The van der Waals surface area contributed by atoms with Crippen molar-refractivity contribution in [3.8, 4) is 0 Å². The van der Waals surface area contributed by atoms with Crippen molar-refractivity contribution in [1.29, 1.82) is 0 Å². The molecule has 0 heterocycles. The quantitative estimate of drug-likeness (QED) is 0.408. The molecule has 1 aliphatic carbocycles. The molecule has 1 unspecified atom stereocenters. The van der Waals surface area contributed by atoms with E-state index in [-0.39, 0.29) is 12.1 Å². The molecule has 1 saturated carbocycles. The minimum absolute atomic E-state index is 0.0570. The van der Waals surface area contributed by atoms with Gasteiger partial charge in [0.05, 0.1) is 18.7 Å².